The number of nitrogens with one attached hydrogen (secondary N) is 2. The van der Waals surface area contributed by atoms with E-state index in [1.807, 2.05) is 19.1 Å². The molecule has 0 radical (unpaired) electrons. The molecule has 2 fully saturated rings. The Labute approximate surface area is 175 Å². The lowest BCUT2D eigenvalue weighted by Gasteiger charge is -2.31. The third kappa shape index (κ3) is 7.12. The Kier molecular flexibility index (Phi) is 8.50. The van der Waals surface area contributed by atoms with E-state index in [1.54, 1.807) is 0 Å². The summed E-state index contributed by atoms with van der Waals surface area (Å²) in [5.74, 6) is 0.456. The van der Waals surface area contributed by atoms with Crippen molar-refractivity contribution in [2.75, 3.05) is 44.6 Å². The maximum absolute atomic E-state index is 12.2. The van der Waals surface area contributed by atoms with Gasteiger partial charge in [-0.05, 0) is 76.5 Å². The molecular weight excluding hydrogens is 364 g/mol. The predicted molar refractivity (Wildman–Crippen MR) is 117 cm³/mol. The fourth-order valence-corrected chi connectivity index (χ4v) is 4.29. The summed E-state index contributed by atoms with van der Waals surface area (Å²) in [6.45, 7) is 8.59. The Bertz CT molecular complexity index is 647. The van der Waals surface area contributed by atoms with Crippen molar-refractivity contribution in [2.24, 2.45) is 5.92 Å². The van der Waals surface area contributed by atoms with Gasteiger partial charge in [0.15, 0.2) is 0 Å². The zero-order valence-electron chi connectivity index (χ0n) is 17.8. The number of hydrogen-bond donors (Lipinski definition) is 2. The van der Waals surface area contributed by atoms with E-state index in [4.69, 9.17) is 0 Å². The molecule has 160 valence electrons. The van der Waals surface area contributed by atoms with Crippen LogP contribution in [0.25, 0.3) is 0 Å². The number of carbonyl (C=O) groups is 2. The van der Waals surface area contributed by atoms with Gasteiger partial charge in [-0.15, -0.1) is 0 Å². The zero-order valence-corrected chi connectivity index (χ0v) is 17.8. The molecule has 3 rings (SSSR count). The van der Waals surface area contributed by atoms with Crippen LogP contribution in [0, 0.1) is 5.92 Å². The van der Waals surface area contributed by atoms with Crippen molar-refractivity contribution >= 4 is 17.5 Å². The summed E-state index contributed by atoms with van der Waals surface area (Å²) < 4.78 is 0. The summed E-state index contributed by atoms with van der Waals surface area (Å²) in [6, 6.07) is 8.18. The average molecular weight is 401 g/mol. The monoisotopic (exact) mass is 400 g/mol. The lowest BCUT2D eigenvalue weighted by Crippen LogP contribution is -2.40. The minimum absolute atomic E-state index is 0.0933. The van der Waals surface area contributed by atoms with Crippen LogP contribution in [0.15, 0.2) is 24.3 Å². The number of piperidine rings is 2. The SMILES string of the molecule is CCNC(=O)C1CCN(Cc2ccc(NC(=O)CCN3CCCCC3)cc2)CC1. The van der Waals surface area contributed by atoms with E-state index < -0.39 is 0 Å². The highest BCUT2D eigenvalue weighted by atomic mass is 16.2. The van der Waals surface area contributed by atoms with Crippen molar-refractivity contribution in [3.8, 4) is 0 Å². The molecule has 0 saturated carbocycles. The van der Waals surface area contributed by atoms with E-state index >= 15 is 0 Å². The molecule has 2 aliphatic rings. The van der Waals surface area contributed by atoms with Crippen molar-refractivity contribution < 1.29 is 9.59 Å². The first-order chi connectivity index (χ1) is 14.1. The van der Waals surface area contributed by atoms with Crippen LogP contribution in [0.1, 0.15) is 51.0 Å². The zero-order chi connectivity index (χ0) is 20.5. The minimum Gasteiger partial charge on any atom is -0.356 e. The molecule has 2 amide bonds. The van der Waals surface area contributed by atoms with E-state index in [2.05, 4.69) is 32.6 Å². The first kappa shape index (κ1) is 21.8. The molecule has 0 atom stereocenters. The predicted octanol–water partition coefficient (Wildman–Crippen LogP) is 2.85. The second-order valence-corrected chi connectivity index (χ2v) is 8.34. The van der Waals surface area contributed by atoms with Crippen LogP contribution in [0.2, 0.25) is 0 Å². The largest absolute Gasteiger partial charge is 0.356 e. The topological polar surface area (TPSA) is 64.7 Å². The molecule has 2 N–H and O–H groups in total. The normalized spacial score (nSPS) is 19.1. The summed E-state index contributed by atoms with van der Waals surface area (Å²) in [5, 5.41) is 5.95. The third-order valence-corrected chi connectivity index (χ3v) is 6.06. The Morgan fingerprint density at radius 1 is 0.966 bits per heavy atom. The maximum Gasteiger partial charge on any atom is 0.225 e. The van der Waals surface area contributed by atoms with Gasteiger partial charge in [-0.1, -0.05) is 18.6 Å². The molecule has 1 aromatic carbocycles. The molecule has 2 saturated heterocycles. The van der Waals surface area contributed by atoms with Crippen LogP contribution < -0.4 is 10.6 Å². The number of amides is 2. The minimum atomic E-state index is 0.0933. The van der Waals surface area contributed by atoms with Crippen LogP contribution in [0.3, 0.4) is 0 Å². The second kappa shape index (κ2) is 11.3. The maximum atomic E-state index is 12.2. The second-order valence-electron chi connectivity index (χ2n) is 8.34. The van der Waals surface area contributed by atoms with Crippen LogP contribution >= 0.6 is 0 Å². The van der Waals surface area contributed by atoms with Crippen molar-refractivity contribution in [3.05, 3.63) is 29.8 Å². The number of hydrogen-bond acceptors (Lipinski definition) is 4. The highest BCUT2D eigenvalue weighted by Crippen LogP contribution is 2.20. The Balaban J connectivity index is 1.37. The van der Waals surface area contributed by atoms with Gasteiger partial charge in [-0.3, -0.25) is 14.5 Å². The van der Waals surface area contributed by atoms with Crippen LogP contribution in [-0.4, -0.2) is 60.9 Å². The van der Waals surface area contributed by atoms with Gasteiger partial charge in [0.05, 0.1) is 0 Å². The van der Waals surface area contributed by atoms with Gasteiger partial charge in [0.1, 0.15) is 0 Å². The van der Waals surface area contributed by atoms with Crippen molar-refractivity contribution in [1.82, 2.24) is 15.1 Å². The summed E-state index contributed by atoms with van der Waals surface area (Å²) in [5.41, 5.74) is 2.11. The van der Waals surface area contributed by atoms with E-state index in [0.29, 0.717) is 13.0 Å². The quantitative estimate of drug-likeness (QED) is 0.704. The highest BCUT2D eigenvalue weighted by Gasteiger charge is 2.24. The number of rotatable bonds is 8. The van der Waals surface area contributed by atoms with Gasteiger partial charge in [-0.25, -0.2) is 0 Å². The highest BCUT2D eigenvalue weighted by molar-refractivity contribution is 5.90. The molecule has 0 bridgehead atoms. The fraction of sp³-hybridized carbons (Fsp3) is 0.652. The number of likely N-dealkylation sites (tertiary alicyclic amines) is 2. The first-order valence-corrected chi connectivity index (χ1v) is 11.2. The van der Waals surface area contributed by atoms with Gasteiger partial charge >= 0.3 is 0 Å². The van der Waals surface area contributed by atoms with Crippen LogP contribution in [0.4, 0.5) is 5.69 Å². The molecule has 2 aliphatic heterocycles. The van der Waals surface area contributed by atoms with E-state index in [9.17, 15) is 9.59 Å². The molecular formula is C23H36N4O2. The molecule has 0 aliphatic carbocycles. The van der Waals surface area contributed by atoms with E-state index in [-0.39, 0.29) is 17.7 Å². The molecule has 0 spiro atoms. The molecule has 6 heteroatoms. The van der Waals surface area contributed by atoms with Crippen molar-refractivity contribution in [1.29, 1.82) is 0 Å². The van der Waals surface area contributed by atoms with Gasteiger partial charge < -0.3 is 15.5 Å². The Morgan fingerprint density at radius 3 is 2.31 bits per heavy atom. The molecule has 0 unspecified atom stereocenters. The number of carbonyl (C=O) groups excluding carboxylic acids is 2. The lowest BCUT2D eigenvalue weighted by molar-refractivity contribution is -0.126. The Hall–Kier alpha value is -1.92. The smallest absolute Gasteiger partial charge is 0.225 e. The first-order valence-electron chi connectivity index (χ1n) is 11.2. The van der Waals surface area contributed by atoms with Gasteiger partial charge in [0.25, 0.3) is 0 Å². The lowest BCUT2D eigenvalue weighted by atomic mass is 9.95. The van der Waals surface area contributed by atoms with Crippen molar-refractivity contribution in [2.45, 2.75) is 52.0 Å². The van der Waals surface area contributed by atoms with Gasteiger partial charge in [-0.2, -0.15) is 0 Å². The summed E-state index contributed by atoms with van der Waals surface area (Å²) in [4.78, 5) is 29.0. The molecule has 29 heavy (non-hydrogen) atoms. The van der Waals surface area contributed by atoms with Gasteiger partial charge in [0, 0.05) is 37.7 Å². The van der Waals surface area contributed by atoms with Crippen LogP contribution in [0.5, 0.6) is 0 Å². The fourth-order valence-electron chi connectivity index (χ4n) is 4.29. The molecule has 6 nitrogen and oxygen atoms in total. The molecule has 2 heterocycles. The summed E-state index contributed by atoms with van der Waals surface area (Å²) >= 11 is 0. The number of nitrogens with zero attached hydrogens (tertiary/aromatic N) is 2. The summed E-state index contributed by atoms with van der Waals surface area (Å²) in [7, 11) is 0. The standard InChI is InChI=1S/C23H36N4O2/c1-2-24-23(29)20-10-15-27(16-11-20)18-19-6-8-21(9-7-19)25-22(28)12-17-26-13-4-3-5-14-26/h6-9,20H,2-5,10-18H2,1H3,(H,24,29)(H,25,28). The molecule has 1 aromatic rings. The van der Waals surface area contributed by atoms with Crippen molar-refractivity contribution in [3.63, 3.8) is 0 Å². The average Bonchev–Trinajstić information content (AvgIpc) is 2.75. The summed E-state index contributed by atoms with van der Waals surface area (Å²) in [6.07, 6.45) is 6.25. The van der Waals surface area contributed by atoms with E-state index in [1.165, 1.54) is 24.8 Å². The number of anilines is 1. The van der Waals surface area contributed by atoms with E-state index in [0.717, 1.165) is 57.8 Å². The van der Waals surface area contributed by atoms with Gasteiger partial charge in [0.2, 0.25) is 11.8 Å². The number of benzene rings is 1. The Morgan fingerprint density at radius 2 is 1.66 bits per heavy atom. The van der Waals surface area contributed by atoms with Crippen LogP contribution in [-0.2, 0) is 16.1 Å². The molecule has 0 aromatic heterocycles. The third-order valence-electron chi connectivity index (χ3n) is 6.06.